The summed E-state index contributed by atoms with van der Waals surface area (Å²) >= 11 is 0. The average Bonchev–Trinajstić information content (AvgIpc) is 3.25. The van der Waals surface area contributed by atoms with Crippen LogP contribution in [0.1, 0.15) is 19.3 Å². The molecule has 2 aromatic heterocycles. The van der Waals surface area contributed by atoms with Crippen LogP contribution in [0.3, 0.4) is 0 Å². The SMILES string of the molecule is O=c1c2nnn(-c3ccccc3)c2ncn1CCC1CCCO1. The van der Waals surface area contributed by atoms with Crippen LogP contribution in [0.5, 0.6) is 0 Å². The summed E-state index contributed by atoms with van der Waals surface area (Å²) in [6.07, 6.45) is 4.80. The Morgan fingerprint density at radius 2 is 2.13 bits per heavy atom. The molecule has 0 aliphatic carbocycles. The molecule has 3 heterocycles. The van der Waals surface area contributed by atoms with Crippen molar-refractivity contribution < 1.29 is 4.74 Å². The van der Waals surface area contributed by atoms with Gasteiger partial charge in [0, 0.05) is 13.2 Å². The van der Waals surface area contributed by atoms with Crippen LogP contribution in [0.15, 0.2) is 41.5 Å². The molecule has 1 aromatic carbocycles. The molecule has 1 unspecified atom stereocenters. The van der Waals surface area contributed by atoms with Crippen molar-refractivity contribution in [1.82, 2.24) is 24.5 Å². The minimum Gasteiger partial charge on any atom is -0.378 e. The van der Waals surface area contributed by atoms with Crippen LogP contribution in [0, 0.1) is 0 Å². The number of benzene rings is 1. The van der Waals surface area contributed by atoms with Crippen LogP contribution >= 0.6 is 0 Å². The molecule has 0 bridgehead atoms. The van der Waals surface area contributed by atoms with Gasteiger partial charge in [0.1, 0.15) is 6.33 Å². The van der Waals surface area contributed by atoms with Crippen molar-refractivity contribution in [2.24, 2.45) is 0 Å². The highest BCUT2D eigenvalue weighted by molar-refractivity contribution is 5.70. The standard InChI is InChI=1S/C16H17N5O2/c22-16-14-15(21(19-18-14)12-5-2-1-3-6-12)17-11-20(16)9-8-13-7-4-10-23-13/h1-3,5-6,11,13H,4,7-10H2. The topological polar surface area (TPSA) is 74.8 Å². The lowest BCUT2D eigenvalue weighted by Crippen LogP contribution is -2.23. The third-order valence-corrected chi connectivity index (χ3v) is 4.15. The molecule has 118 valence electrons. The molecule has 4 rings (SSSR count). The minimum atomic E-state index is -0.157. The predicted octanol–water partition coefficient (Wildman–Crippen LogP) is 1.55. The zero-order valence-electron chi connectivity index (χ0n) is 12.6. The maximum absolute atomic E-state index is 12.5. The third kappa shape index (κ3) is 2.63. The van der Waals surface area contributed by atoms with Crippen LogP contribution < -0.4 is 5.56 Å². The van der Waals surface area contributed by atoms with Gasteiger partial charge in [-0.05, 0) is 31.4 Å². The van der Waals surface area contributed by atoms with Gasteiger partial charge in [-0.25, -0.2) is 4.98 Å². The number of hydrogen-bond donors (Lipinski definition) is 0. The summed E-state index contributed by atoms with van der Waals surface area (Å²) in [7, 11) is 0. The second kappa shape index (κ2) is 5.92. The van der Waals surface area contributed by atoms with Crippen LogP contribution in [0.4, 0.5) is 0 Å². The van der Waals surface area contributed by atoms with Gasteiger partial charge in [0.2, 0.25) is 0 Å². The molecule has 1 aliphatic heterocycles. The van der Waals surface area contributed by atoms with Crippen molar-refractivity contribution in [1.29, 1.82) is 0 Å². The van der Waals surface area contributed by atoms with E-state index < -0.39 is 0 Å². The number of hydrogen-bond acceptors (Lipinski definition) is 5. The van der Waals surface area contributed by atoms with Gasteiger partial charge in [-0.2, -0.15) is 4.68 Å². The predicted molar refractivity (Wildman–Crippen MR) is 84.5 cm³/mol. The summed E-state index contributed by atoms with van der Waals surface area (Å²) in [5.41, 5.74) is 1.45. The first-order valence-corrected chi connectivity index (χ1v) is 7.81. The molecule has 7 nitrogen and oxygen atoms in total. The van der Waals surface area contributed by atoms with E-state index in [1.807, 2.05) is 30.3 Å². The number of nitrogens with zero attached hydrogens (tertiary/aromatic N) is 5. The zero-order valence-corrected chi connectivity index (χ0v) is 12.6. The Hall–Kier alpha value is -2.54. The molecular formula is C16H17N5O2. The number of fused-ring (bicyclic) bond motifs is 1. The van der Waals surface area contributed by atoms with Crippen molar-refractivity contribution >= 4 is 11.2 Å². The van der Waals surface area contributed by atoms with Crippen LogP contribution in [0.25, 0.3) is 16.9 Å². The maximum Gasteiger partial charge on any atom is 0.283 e. The fourth-order valence-corrected chi connectivity index (χ4v) is 2.90. The zero-order chi connectivity index (χ0) is 15.6. The van der Waals surface area contributed by atoms with E-state index in [0.29, 0.717) is 17.7 Å². The lowest BCUT2D eigenvalue weighted by Gasteiger charge is -2.10. The smallest absolute Gasteiger partial charge is 0.283 e. The average molecular weight is 311 g/mol. The van der Waals surface area contributed by atoms with Crippen molar-refractivity contribution in [3.63, 3.8) is 0 Å². The van der Waals surface area contributed by atoms with E-state index in [1.165, 1.54) is 0 Å². The number of para-hydroxylation sites is 1. The second-order valence-electron chi connectivity index (χ2n) is 5.68. The van der Waals surface area contributed by atoms with Gasteiger partial charge in [0.25, 0.3) is 5.56 Å². The van der Waals surface area contributed by atoms with Crippen molar-refractivity contribution in [2.45, 2.75) is 31.9 Å². The van der Waals surface area contributed by atoms with Gasteiger partial charge >= 0.3 is 0 Å². The van der Waals surface area contributed by atoms with Gasteiger partial charge in [-0.1, -0.05) is 23.4 Å². The molecule has 23 heavy (non-hydrogen) atoms. The molecule has 0 N–H and O–H groups in total. The Balaban J connectivity index is 1.65. The molecule has 1 atom stereocenters. The first-order chi connectivity index (χ1) is 11.3. The summed E-state index contributed by atoms with van der Waals surface area (Å²) in [6, 6.07) is 9.54. The molecule has 0 amide bonds. The van der Waals surface area contributed by atoms with E-state index in [4.69, 9.17) is 4.74 Å². The number of aryl methyl sites for hydroxylation is 1. The fraction of sp³-hybridized carbons (Fsp3) is 0.375. The van der Waals surface area contributed by atoms with E-state index in [0.717, 1.165) is 31.6 Å². The maximum atomic E-state index is 12.5. The fourth-order valence-electron chi connectivity index (χ4n) is 2.90. The number of ether oxygens (including phenoxy) is 1. The van der Waals surface area contributed by atoms with Gasteiger partial charge in [-0.15, -0.1) is 5.10 Å². The van der Waals surface area contributed by atoms with Gasteiger partial charge in [0.15, 0.2) is 11.2 Å². The van der Waals surface area contributed by atoms with Crippen LogP contribution in [-0.2, 0) is 11.3 Å². The number of rotatable bonds is 4. The molecule has 0 radical (unpaired) electrons. The van der Waals surface area contributed by atoms with E-state index in [2.05, 4.69) is 15.3 Å². The van der Waals surface area contributed by atoms with E-state index in [-0.39, 0.29) is 11.7 Å². The monoisotopic (exact) mass is 311 g/mol. The molecular weight excluding hydrogens is 294 g/mol. The van der Waals surface area contributed by atoms with Gasteiger partial charge in [-0.3, -0.25) is 9.36 Å². The summed E-state index contributed by atoms with van der Waals surface area (Å²) in [5.74, 6) is 0. The summed E-state index contributed by atoms with van der Waals surface area (Å²) in [6.45, 7) is 1.41. The normalized spacial score (nSPS) is 17.8. The Morgan fingerprint density at radius 3 is 2.91 bits per heavy atom. The number of aromatic nitrogens is 5. The Kier molecular flexibility index (Phi) is 3.63. The van der Waals surface area contributed by atoms with Gasteiger partial charge < -0.3 is 4.74 Å². The molecule has 0 saturated carbocycles. The van der Waals surface area contributed by atoms with Crippen LogP contribution in [-0.4, -0.2) is 37.3 Å². The highest BCUT2D eigenvalue weighted by atomic mass is 16.5. The van der Waals surface area contributed by atoms with E-state index >= 15 is 0 Å². The lowest BCUT2D eigenvalue weighted by molar-refractivity contribution is 0.100. The van der Waals surface area contributed by atoms with Gasteiger partial charge in [0.05, 0.1) is 11.8 Å². The first-order valence-electron chi connectivity index (χ1n) is 7.81. The minimum absolute atomic E-state index is 0.157. The molecule has 1 saturated heterocycles. The Labute approximate surface area is 132 Å². The molecule has 7 heteroatoms. The van der Waals surface area contributed by atoms with Crippen molar-refractivity contribution in [2.75, 3.05) is 6.61 Å². The highest BCUT2D eigenvalue weighted by Gasteiger charge is 2.17. The molecule has 0 spiro atoms. The van der Waals surface area contributed by atoms with Crippen molar-refractivity contribution in [3.8, 4) is 5.69 Å². The van der Waals surface area contributed by atoms with Crippen LogP contribution in [0.2, 0.25) is 0 Å². The largest absolute Gasteiger partial charge is 0.378 e. The Morgan fingerprint density at radius 1 is 1.26 bits per heavy atom. The molecule has 1 fully saturated rings. The summed E-state index contributed by atoms with van der Waals surface area (Å²) in [5, 5.41) is 8.09. The van der Waals surface area contributed by atoms with E-state index in [9.17, 15) is 4.79 Å². The molecule has 3 aromatic rings. The first kappa shape index (κ1) is 14.1. The highest BCUT2D eigenvalue weighted by Crippen LogP contribution is 2.16. The lowest BCUT2D eigenvalue weighted by atomic mass is 10.2. The Bertz CT molecular complexity index is 865. The third-order valence-electron chi connectivity index (χ3n) is 4.15. The summed E-state index contributed by atoms with van der Waals surface area (Å²) in [4.78, 5) is 16.9. The van der Waals surface area contributed by atoms with Crippen molar-refractivity contribution in [3.05, 3.63) is 47.0 Å². The van der Waals surface area contributed by atoms with E-state index in [1.54, 1.807) is 15.6 Å². The summed E-state index contributed by atoms with van der Waals surface area (Å²) < 4.78 is 8.77. The molecule has 1 aliphatic rings. The quantitative estimate of drug-likeness (QED) is 0.731. The second-order valence-corrected chi connectivity index (χ2v) is 5.68.